The van der Waals surface area contributed by atoms with Crippen LogP contribution < -0.4 is 4.74 Å². The van der Waals surface area contributed by atoms with Gasteiger partial charge in [-0.2, -0.15) is 0 Å². The fourth-order valence-corrected chi connectivity index (χ4v) is 1.94. The average molecular weight is 351 g/mol. The minimum Gasteiger partial charge on any atom is -0.489 e. The Labute approximate surface area is 128 Å². The summed E-state index contributed by atoms with van der Waals surface area (Å²) >= 11 is 3.32. The molecule has 0 aliphatic rings. The highest BCUT2D eigenvalue weighted by Crippen LogP contribution is 2.19. The van der Waals surface area contributed by atoms with E-state index in [4.69, 9.17) is 14.9 Å². The molecule has 21 heavy (non-hydrogen) atoms. The molecule has 0 radical (unpaired) electrons. The van der Waals surface area contributed by atoms with Crippen LogP contribution >= 0.6 is 15.9 Å². The average Bonchev–Trinajstić information content (AvgIpc) is 2.46. The van der Waals surface area contributed by atoms with Crippen LogP contribution in [-0.4, -0.2) is 22.2 Å². The maximum atomic E-state index is 11.0. The standard InChI is InChI=1S/C15H11BrO5/c16-12-3-1-9(2-4-12)8-21-13-6-10(14(17)18)5-11(7-13)15(19)20/h1-7H,8H2,(H,17,18)(H,19,20). The van der Waals surface area contributed by atoms with Crippen molar-refractivity contribution in [3.05, 3.63) is 63.6 Å². The Balaban J connectivity index is 2.20. The van der Waals surface area contributed by atoms with Crippen LogP contribution in [-0.2, 0) is 6.61 Å². The van der Waals surface area contributed by atoms with E-state index in [0.717, 1.165) is 16.1 Å². The second kappa shape index (κ2) is 6.41. The van der Waals surface area contributed by atoms with Gasteiger partial charge < -0.3 is 14.9 Å². The van der Waals surface area contributed by atoms with E-state index in [-0.39, 0.29) is 23.5 Å². The van der Waals surface area contributed by atoms with Gasteiger partial charge in [-0.25, -0.2) is 9.59 Å². The molecular formula is C15H11BrO5. The molecule has 2 aromatic rings. The first kappa shape index (κ1) is 15.1. The summed E-state index contributed by atoms with van der Waals surface area (Å²) in [5.41, 5.74) is 0.636. The van der Waals surface area contributed by atoms with Gasteiger partial charge in [0.05, 0.1) is 11.1 Å². The van der Waals surface area contributed by atoms with Gasteiger partial charge >= 0.3 is 11.9 Å². The van der Waals surface area contributed by atoms with Crippen molar-refractivity contribution < 1.29 is 24.5 Å². The van der Waals surface area contributed by atoms with Gasteiger partial charge in [0.1, 0.15) is 12.4 Å². The summed E-state index contributed by atoms with van der Waals surface area (Å²) in [6, 6.07) is 11.1. The zero-order valence-electron chi connectivity index (χ0n) is 10.7. The first-order valence-corrected chi connectivity index (χ1v) is 6.74. The number of hydrogen-bond acceptors (Lipinski definition) is 3. The van der Waals surface area contributed by atoms with Gasteiger partial charge in [-0.15, -0.1) is 0 Å². The van der Waals surface area contributed by atoms with E-state index in [0.29, 0.717) is 0 Å². The van der Waals surface area contributed by atoms with E-state index in [1.54, 1.807) is 0 Å². The number of carboxylic acids is 2. The number of carbonyl (C=O) groups is 2. The quantitative estimate of drug-likeness (QED) is 0.862. The van der Waals surface area contributed by atoms with Crippen molar-refractivity contribution in [2.45, 2.75) is 6.61 Å². The minimum atomic E-state index is -1.20. The molecule has 108 valence electrons. The largest absolute Gasteiger partial charge is 0.489 e. The normalized spacial score (nSPS) is 10.1. The topological polar surface area (TPSA) is 83.8 Å². The predicted molar refractivity (Wildman–Crippen MR) is 78.8 cm³/mol. The van der Waals surface area contributed by atoms with E-state index < -0.39 is 11.9 Å². The summed E-state index contributed by atoms with van der Waals surface area (Å²) in [6.07, 6.45) is 0. The van der Waals surface area contributed by atoms with Crippen LogP contribution in [0.25, 0.3) is 0 Å². The Kier molecular flexibility index (Phi) is 4.59. The third-order valence-corrected chi connectivity index (χ3v) is 3.25. The summed E-state index contributed by atoms with van der Waals surface area (Å²) < 4.78 is 6.41. The van der Waals surface area contributed by atoms with Crippen LogP contribution in [0, 0.1) is 0 Å². The van der Waals surface area contributed by atoms with Crippen molar-refractivity contribution >= 4 is 27.9 Å². The molecule has 2 N–H and O–H groups in total. The predicted octanol–water partition coefficient (Wildman–Crippen LogP) is 3.42. The summed E-state index contributed by atoms with van der Waals surface area (Å²) in [5.74, 6) is -2.20. The number of aromatic carboxylic acids is 2. The molecule has 0 heterocycles. The maximum Gasteiger partial charge on any atom is 0.335 e. The van der Waals surface area contributed by atoms with E-state index in [2.05, 4.69) is 15.9 Å². The lowest BCUT2D eigenvalue weighted by atomic mass is 10.1. The van der Waals surface area contributed by atoms with E-state index in [9.17, 15) is 9.59 Å². The van der Waals surface area contributed by atoms with Crippen molar-refractivity contribution in [3.63, 3.8) is 0 Å². The molecule has 0 amide bonds. The number of hydrogen-bond donors (Lipinski definition) is 2. The zero-order valence-corrected chi connectivity index (χ0v) is 12.3. The molecule has 2 aromatic carbocycles. The van der Waals surface area contributed by atoms with Gasteiger partial charge in [0.15, 0.2) is 0 Å². The smallest absolute Gasteiger partial charge is 0.335 e. The highest BCUT2D eigenvalue weighted by Gasteiger charge is 2.12. The van der Waals surface area contributed by atoms with Crippen molar-refractivity contribution in [2.24, 2.45) is 0 Å². The summed E-state index contributed by atoms with van der Waals surface area (Å²) in [7, 11) is 0. The SMILES string of the molecule is O=C(O)c1cc(OCc2ccc(Br)cc2)cc(C(=O)O)c1. The molecule has 0 spiro atoms. The number of benzene rings is 2. The Morgan fingerprint density at radius 2 is 1.48 bits per heavy atom. The molecular weight excluding hydrogens is 340 g/mol. The molecule has 0 aromatic heterocycles. The molecule has 0 fully saturated rings. The molecule has 0 unspecified atom stereocenters. The zero-order chi connectivity index (χ0) is 15.4. The van der Waals surface area contributed by atoms with Gasteiger partial charge in [-0.3, -0.25) is 0 Å². The van der Waals surface area contributed by atoms with Crippen LogP contribution in [0.15, 0.2) is 46.9 Å². The molecule has 2 rings (SSSR count). The Bertz CT molecular complexity index is 647. The Morgan fingerprint density at radius 1 is 0.952 bits per heavy atom. The molecule has 0 saturated heterocycles. The molecule has 0 aliphatic heterocycles. The summed E-state index contributed by atoms with van der Waals surface area (Å²) in [6.45, 7) is 0.218. The van der Waals surface area contributed by atoms with Gasteiger partial charge in [0.25, 0.3) is 0 Å². The van der Waals surface area contributed by atoms with E-state index >= 15 is 0 Å². The molecule has 6 heteroatoms. The highest BCUT2D eigenvalue weighted by molar-refractivity contribution is 9.10. The van der Waals surface area contributed by atoms with Crippen LogP contribution in [0.4, 0.5) is 0 Å². The van der Waals surface area contributed by atoms with Crippen LogP contribution in [0.1, 0.15) is 26.3 Å². The lowest BCUT2D eigenvalue weighted by Gasteiger charge is -2.08. The van der Waals surface area contributed by atoms with Crippen LogP contribution in [0.3, 0.4) is 0 Å². The molecule has 0 saturated carbocycles. The monoisotopic (exact) mass is 350 g/mol. The lowest BCUT2D eigenvalue weighted by molar-refractivity contribution is 0.0696. The van der Waals surface area contributed by atoms with E-state index in [1.165, 1.54) is 12.1 Å². The minimum absolute atomic E-state index is 0.124. The van der Waals surface area contributed by atoms with E-state index in [1.807, 2.05) is 24.3 Å². The fraction of sp³-hybridized carbons (Fsp3) is 0.0667. The Morgan fingerprint density at radius 3 is 1.95 bits per heavy atom. The third-order valence-electron chi connectivity index (χ3n) is 2.72. The van der Waals surface area contributed by atoms with Gasteiger partial charge in [-0.1, -0.05) is 28.1 Å². The van der Waals surface area contributed by atoms with Crippen molar-refractivity contribution in [1.82, 2.24) is 0 Å². The third kappa shape index (κ3) is 4.06. The van der Waals surface area contributed by atoms with Crippen molar-refractivity contribution in [2.75, 3.05) is 0 Å². The number of ether oxygens (including phenoxy) is 1. The first-order chi connectivity index (χ1) is 9.95. The molecule has 0 atom stereocenters. The molecule has 0 aliphatic carbocycles. The second-order valence-corrected chi connectivity index (χ2v) is 5.19. The van der Waals surface area contributed by atoms with Crippen molar-refractivity contribution in [3.8, 4) is 5.75 Å². The van der Waals surface area contributed by atoms with Crippen molar-refractivity contribution in [1.29, 1.82) is 0 Å². The number of halogens is 1. The lowest BCUT2D eigenvalue weighted by Crippen LogP contribution is -2.04. The Hall–Kier alpha value is -2.34. The first-order valence-electron chi connectivity index (χ1n) is 5.94. The number of carboxylic acid groups (broad SMARTS) is 2. The van der Waals surface area contributed by atoms with Crippen LogP contribution in [0.5, 0.6) is 5.75 Å². The molecule has 0 bridgehead atoms. The molecule has 5 nitrogen and oxygen atoms in total. The second-order valence-electron chi connectivity index (χ2n) is 4.27. The van der Waals surface area contributed by atoms with Gasteiger partial charge in [0, 0.05) is 4.47 Å². The number of rotatable bonds is 5. The van der Waals surface area contributed by atoms with Gasteiger partial charge in [-0.05, 0) is 35.9 Å². The highest BCUT2D eigenvalue weighted by atomic mass is 79.9. The fourth-order valence-electron chi connectivity index (χ4n) is 1.68. The van der Waals surface area contributed by atoms with Gasteiger partial charge in [0.2, 0.25) is 0 Å². The van der Waals surface area contributed by atoms with Crippen LogP contribution in [0.2, 0.25) is 0 Å². The maximum absolute atomic E-state index is 11.0. The summed E-state index contributed by atoms with van der Waals surface area (Å²) in [5, 5.41) is 18.0. The summed E-state index contributed by atoms with van der Waals surface area (Å²) in [4.78, 5) is 22.0.